The zero-order valence-corrected chi connectivity index (χ0v) is 10.1. The van der Waals surface area contributed by atoms with Gasteiger partial charge in [0.2, 0.25) is 0 Å². The molecule has 1 aliphatic carbocycles. The van der Waals surface area contributed by atoms with Gasteiger partial charge in [-0.05, 0) is 31.4 Å². The lowest BCUT2D eigenvalue weighted by Gasteiger charge is -2.38. The first kappa shape index (κ1) is 11.9. The number of nitrogens with zero attached hydrogens (tertiary/aromatic N) is 2. The Morgan fingerprint density at radius 3 is 2.95 bits per heavy atom. The molecule has 2 N–H and O–H groups in total. The molecule has 2 aromatic rings. The van der Waals surface area contributed by atoms with Crippen LogP contribution in [0.3, 0.4) is 0 Å². The zero-order chi connectivity index (χ0) is 13.3. The first-order valence-corrected chi connectivity index (χ1v) is 6.04. The van der Waals surface area contributed by atoms with Crippen LogP contribution in [-0.2, 0) is 11.3 Å². The summed E-state index contributed by atoms with van der Waals surface area (Å²) in [4.78, 5) is 15.3. The number of carbonyl (C=O) groups is 1. The lowest BCUT2D eigenvalue weighted by Crippen LogP contribution is -2.56. The van der Waals surface area contributed by atoms with E-state index >= 15 is 0 Å². The number of carboxylic acid groups (broad SMARTS) is 1. The quantitative estimate of drug-likeness (QED) is 0.841. The summed E-state index contributed by atoms with van der Waals surface area (Å²) in [6, 6.07) is 3.45. The van der Waals surface area contributed by atoms with E-state index in [0.717, 1.165) is 6.42 Å². The zero-order valence-electron chi connectivity index (χ0n) is 10.1. The van der Waals surface area contributed by atoms with E-state index in [1.54, 1.807) is 12.1 Å². The second-order valence-corrected chi connectivity index (χ2v) is 4.59. The summed E-state index contributed by atoms with van der Waals surface area (Å²) in [5.74, 6) is 0.377. The molecule has 0 aliphatic heterocycles. The van der Waals surface area contributed by atoms with E-state index in [0.29, 0.717) is 30.3 Å². The number of furan rings is 1. The SMILES string of the molecule is O=C(O)C1(NCc2noc(-c3ccco3)n2)CCC1. The van der Waals surface area contributed by atoms with E-state index in [-0.39, 0.29) is 6.54 Å². The van der Waals surface area contributed by atoms with Crippen LogP contribution >= 0.6 is 0 Å². The van der Waals surface area contributed by atoms with Gasteiger partial charge >= 0.3 is 5.97 Å². The average molecular weight is 263 g/mol. The summed E-state index contributed by atoms with van der Waals surface area (Å²) in [5.41, 5.74) is -0.828. The summed E-state index contributed by atoms with van der Waals surface area (Å²) in [5, 5.41) is 16.0. The monoisotopic (exact) mass is 263 g/mol. The second-order valence-electron chi connectivity index (χ2n) is 4.59. The molecular weight excluding hydrogens is 250 g/mol. The van der Waals surface area contributed by atoms with Crippen molar-refractivity contribution in [1.82, 2.24) is 15.5 Å². The van der Waals surface area contributed by atoms with Gasteiger partial charge in [-0.2, -0.15) is 4.98 Å². The average Bonchev–Trinajstić information content (AvgIpc) is 2.97. The highest BCUT2D eigenvalue weighted by molar-refractivity contribution is 5.79. The van der Waals surface area contributed by atoms with Crippen molar-refractivity contribution in [2.24, 2.45) is 0 Å². The smallest absolute Gasteiger partial charge is 0.323 e. The van der Waals surface area contributed by atoms with E-state index < -0.39 is 11.5 Å². The molecule has 0 saturated heterocycles. The van der Waals surface area contributed by atoms with E-state index in [4.69, 9.17) is 8.94 Å². The van der Waals surface area contributed by atoms with Crippen molar-refractivity contribution >= 4 is 5.97 Å². The van der Waals surface area contributed by atoms with E-state index in [1.165, 1.54) is 6.26 Å². The lowest BCUT2D eigenvalue weighted by molar-refractivity contribution is -0.148. The third-order valence-electron chi connectivity index (χ3n) is 3.40. The number of hydrogen-bond donors (Lipinski definition) is 2. The molecule has 0 bridgehead atoms. The molecule has 2 heterocycles. The minimum atomic E-state index is -0.828. The molecule has 2 aromatic heterocycles. The molecule has 3 rings (SSSR count). The summed E-state index contributed by atoms with van der Waals surface area (Å²) >= 11 is 0. The molecule has 100 valence electrons. The van der Waals surface area contributed by atoms with Crippen LogP contribution in [0.25, 0.3) is 11.7 Å². The Labute approximate surface area is 108 Å². The maximum absolute atomic E-state index is 11.2. The number of nitrogens with one attached hydrogen (secondary N) is 1. The molecule has 19 heavy (non-hydrogen) atoms. The Bertz CT molecular complexity index is 572. The minimum Gasteiger partial charge on any atom is -0.480 e. The first-order chi connectivity index (χ1) is 9.20. The number of aliphatic carboxylic acids is 1. The number of aromatic nitrogens is 2. The second kappa shape index (κ2) is 4.51. The van der Waals surface area contributed by atoms with Crippen LogP contribution < -0.4 is 5.32 Å². The van der Waals surface area contributed by atoms with Gasteiger partial charge in [0.1, 0.15) is 5.54 Å². The van der Waals surface area contributed by atoms with Gasteiger partial charge in [0, 0.05) is 0 Å². The van der Waals surface area contributed by atoms with Gasteiger partial charge in [-0.1, -0.05) is 5.16 Å². The van der Waals surface area contributed by atoms with Crippen LogP contribution in [0, 0.1) is 0 Å². The summed E-state index contributed by atoms with van der Waals surface area (Å²) < 4.78 is 10.2. The Kier molecular flexibility index (Phi) is 2.83. The fourth-order valence-electron chi connectivity index (χ4n) is 2.07. The molecule has 7 heteroatoms. The van der Waals surface area contributed by atoms with Crippen molar-refractivity contribution in [3.63, 3.8) is 0 Å². The van der Waals surface area contributed by atoms with Gasteiger partial charge in [-0.25, -0.2) is 0 Å². The van der Waals surface area contributed by atoms with Crippen LogP contribution in [0.2, 0.25) is 0 Å². The van der Waals surface area contributed by atoms with E-state index in [2.05, 4.69) is 15.5 Å². The van der Waals surface area contributed by atoms with Gasteiger partial charge in [0.05, 0.1) is 12.8 Å². The van der Waals surface area contributed by atoms with Gasteiger partial charge in [-0.3, -0.25) is 10.1 Å². The number of rotatable bonds is 5. The summed E-state index contributed by atoms with van der Waals surface area (Å²) in [7, 11) is 0. The Balaban J connectivity index is 1.66. The Morgan fingerprint density at radius 1 is 1.53 bits per heavy atom. The topological polar surface area (TPSA) is 101 Å². The van der Waals surface area contributed by atoms with Crippen molar-refractivity contribution in [3.05, 3.63) is 24.2 Å². The Hall–Kier alpha value is -2.15. The summed E-state index contributed by atoms with van der Waals surface area (Å²) in [6.45, 7) is 0.260. The van der Waals surface area contributed by atoms with Crippen molar-refractivity contribution in [1.29, 1.82) is 0 Å². The molecule has 0 atom stereocenters. The van der Waals surface area contributed by atoms with Crippen molar-refractivity contribution in [2.75, 3.05) is 0 Å². The van der Waals surface area contributed by atoms with Crippen LogP contribution in [0.15, 0.2) is 27.3 Å². The highest BCUT2D eigenvalue weighted by Gasteiger charge is 2.44. The maximum atomic E-state index is 11.2. The third kappa shape index (κ3) is 2.12. The predicted octanol–water partition coefficient (Wildman–Crippen LogP) is 1.43. The van der Waals surface area contributed by atoms with E-state index in [9.17, 15) is 9.90 Å². The number of hydrogen-bond acceptors (Lipinski definition) is 6. The molecule has 7 nitrogen and oxygen atoms in total. The van der Waals surface area contributed by atoms with Gasteiger partial charge in [-0.15, -0.1) is 0 Å². The van der Waals surface area contributed by atoms with Gasteiger partial charge in [0.25, 0.3) is 5.89 Å². The highest BCUT2D eigenvalue weighted by atomic mass is 16.5. The van der Waals surface area contributed by atoms with Crippen molar-refractivity contribution < 1.29 is 18.8 Å². The number of carboxylic acids is 1. The molecule has 0 amide bonds. The third-order valence-corrected chi connectivity index (χ3v) is 3.40. The molecule has 1 saturated carbocycles. The normalized spacial score (nSPS) is 17.1. The molecule has 0 aromatic carbocycles. The molecule has 0 spiro atoms. The molecular formula is C12H13N3O4. The fourth-order valence-corrected chi connectivity index (χ4v) is 2.07. The van der Waals surface area contributed by atoms with Crippen molar-refractivity contribution in [3.8, 4) is 11.7 Å². The molecule has 0 radical (unpaired) electrons. The van der Waals surface area contributed by atoms with Crippen LogP contribution in [0.1, 0.15) is 25.1 Å². The van der Waals surface area contributed by atoms with Crippen LogP contribution in [-0.4, -0.2) is 26.8 Å². The molecule has 1 fully saturated rings. The highest BCUT2D eigenvalue weighted by Crippen LogP contribution is 2.32. The largest absolute Gasteiger partial charge is 0.480 e. The van der Waals surface area contributed by atoms with Crippen LogP contribution in [0.4, 0.5) is 0 Å². The molecule has 1 aliphatic rings. The maximum Gasteiger partial charge on any atom is 0.323 e. The lowest BCUT2D eigenvalue weighted by atomic mass is 9.77. The fraction of sp³-hybridized carbons (Fsp3) is 0.417. The first-order valence-electron chi connectivity index (χ1n) is 6.04. The molecule has 0 unspecified atom stereocenters. The standard InChI is InChI=1S/C12H13N3O4/c16-11(17)12(4-2-5-12)13-7-9-14-10(19-15-9)8-3-1-6-18-8/h1,3,6,13H,2,4-5,7H2,(H,16,17). The summed E-state index contributed by atoms with van der Waals surface area (Å²) in [6.07, 6.45) is 3.70. The van der Waals surface area contributed by atoms with Crippen LogP contribution in [0.5, 0.6) is 0 Å². The predicted molar refractivity (Wildman–Crippen MR) is 63.1 cm³/mol. The van der Waals surface area contributed by atoms with E-state index in [1.807, 2.05) is 0 Å². The minimum absolute atomic E-state index is 0.260. The Morgan fingerprint density at radius 2 is 2.37 bits per heavy atom. The van der Waals surface area contributed by atoms with Gasteiger partial charge < -0.3 is 14.0 Å². The van der Waals surface area contributed by atoms with Crippen molar-refractivity contribution in [2.45, 2.75) is 31.3 Å². The van der Waals surface area contributed by atoms with Gasteiger partial charge in [0.15, 0.2) is 11.6 Å².